The first-order chi connectivity index (χ1) is 12.0. The van der Waals surface area contributed by atoms with Crippen molar-refractivity contribution in [1.82, 2.24) is 30.3 Å². The standard InChI is InChI=1S/C14H13Cl2N7OS/c1-23-7-18-20-11(23)4-5-17-13(24)19-14-22-21-12(25-14)9-3-2-8(15)6-10(9)16/h2-3,6-7H,4-5H2,1H3,(H2,17,19,22,24). The number of aromatic nitrogens is 5. The number of hydrogen-bond donors (Lipinski definition) is 2. The highest BCUT2D eigenvalue weighted by Gasteiger charge is 2.12. The molecule has 130 valence electrons. The Kier molecular flexibility index (Phi) is 5.47. The van der Waals surface area contributed by atoms with Gasteiger partial charge >= 0.3 is 6.03 Å². The number of nitrogens with one attached hydrogen (secondary N) is 2. The average Bonchev–Trinajstić information content (AvgIpc) is 3.17. The van der Waals surface area contributed by atoms with Gasteiger partial charge in [0, 0.05) is 30.6 Å². The van der Waals surface area contributed by atoms with Crippen molar-refractivity contribution in [2.45, 2.75) is 6.42 Å². The fourth-order valence-electron chi connectivity index (χ4n) is 2.01. The Morgan fingerprint density at radius 3 is 2.84 bits per heavy atom. The zero-order chi connectivity index (χ0) is 17.8. The van der Waals surface area contributed by atoms with Crippen molar-refractivity contribution in [2.75, 3.05) is 11.9 Å². The first kappa shape index (κ1) is 17.6. The average molecular weight is 398 g/mol. The Hall–Kier alpha value is -2.23. The Labute approximate surface area is 157 Å². The molecular weight excluding hydrogens is 385 g/mol. The molecule has 2 amide bonds. The first-order valence-electron chi connectivity index (χ1n) is 7.19. The van der Waals surface area contributed by atoms with Crippen LogP contribution in [0.3, 0.4) is 0 Å². The van der Waals surface area contributed by atoms with Crippen molar-refractivity contribution in [3.05, 3.63) is 40.4 Å². The quantitative estimate of drug-likeness (QED) is 0.689. The summed E-state index contributed by atoms with van der Waals surface area (Å²) in [6.07, 6.45) is 2.19. The molecule has 0 saturated carbocycles. The van der Waals surface area contributed by atoms with E-state index in [0.717, 1.165) is 5.82 Å². The van der Waals surface area contributed by atoms with Crippen LogP contribution < -0.4 is 10.6 Å². The predicted octanol–water partition coefficient (Wildman–Crippen LogP) is 3.00. The lowest BCUT2D eigenvalue weighted by atomic mass is 10.2. The molecule has 0 atom stereocenters. The molecule has 25 heavy (non-hydrogen) atoms. The maximum absolute atomic E-state index is 11.9. The minimum atomic E-state index is -0.368. The van der Waals surface area contributed by atoms with Crippen LogP contribution in [0.15, 0.2) is 24.5 Å². The van der Waals surface area contributed by atoms with Gasteiger partial charge in [0.1, 0.15) is 12.2 Å². The van der Waals surface area contributed by atoms with E-state index < -0.39 is 0 Å². The number of anilines is 1. The predicted molar refractivity (Wildman–Crippen MR) is 97.1 cm³/mol. The molecule has 2 N–H and O–H groups in total. The van der Waals surface area contributed by atoms with Crippen molar-refractivity contribution >= 4 is 45.7 Å². The van der Waals surface area contributed by atoms with E-state index in [9.17, 15) is 4.79 Å². The van der Waals surface area contributed by atoms with Gasteiger partial charge in [0.15, 0.2) is 5.01 Å². The van der Waals surface area contributed by atoms with E-state index >= 15 is 0 Å². The number of benzene rings is 1. The number of halogens is 2. The first-order valence-corrected chi connectivity index (χ1v) is 8.77. The van der Waals surface area contributed by atoms with Crippen LogP contribution in [0.5, 0.6) is 0 Å². The van der Waals surface area contributed by atoms with E-state index in [4.69, 9.17) is 23.2 Å². The van der Waals surface area contributed by atoms with E-state index in [1.165, 1.54) is 11.3 Å². The van der Waals surface area contributed by atoms with Crippen molar-refractivity contribution in [3.8, 4) is 10.6 Å². The second-order valence-electron chi connectivity index (χ2n) is 5.03. The van der Waals surface area contributed by atoms with Gasteiger partial charge in [-0.2, -0.15) is 0 Å². The number of nitrogens with zero attached hydrogens (tertiary/aromatic N) is 5. The molecule has 11 heteroatoms. The molecule has 2 heterocycles. The number of hydrogen-bond acceptors (Lipinski definition) is 6. The minimum absolute atomic E-state index is 0.368. The highest BCUT2D eigenvalue weighted by Crippen LogP contribution is 2.33. The van der Waals surface area contributed by atoms with Crippen LogP contribution in [-0.4, -0.2) is 37.5 Å². The molecule has 8 nitrogen and oxygen atoms in total. The largest absolute Gasteiger partial charge is 0.337 e. The maximum Gasteiger partial charge on any atom is 0.321 e. The number of aryl methyl sites for hydroxylation is 1. The Morgan fingerprint density at radius 1 is 1.28 bits per heavy atom. The molecule has 0 aliphatic rings. The summed E-state index contributed by atoms with van der Waals surface area (Å²) in [5.41, 5.74) is 0.708. The van der Waals surface area contributed by atoms with Gasteiger partial charge in [0.05, 0.1) is 5.02 Å². The maximum atomic E-state index is 11.9. The fraction of sp³-hybridized carbons (Fsp3) is 0.214. The van der Waals surface area contributed by atoms with Gasteiger partial charge in [-0.05, 0) is 18.2 Å². The fourth-order valence-corrected chi connectivity index (χ4v) is 3.34. The summed E-state index contributed by atoms with van der Waals surface area (Å²) in [5, 5.41) is 23.1. The van der Waals surface area contributed by atoms with Crippen LogP contribution in [0.2, 0.25) is 10.0 Å². The minimum Gasteiger partial charge on any atom is -0.337 e. The lowest BCUT2D eigenvalue weighted by Crippen LogP contribution is -2.30. The van der Waals surface area contributed by atoms with Gasteiger partial charge < -0.3 is 9.88 Å². The second kappa shape index (κ2) is 7.77. The SMILES string of the molecule is Cn1cnnc1CCNC(=O)Nc1nnc(-c2ccc(Cl)cc2Cl)s1. The number of carbonyl (C=O) groups excluding carboxylic acids is 1. The van der Waals surface area contributed by atoms with Crippen LogP contribution in [0.4, 0.5) is 9.93 Å². The normalized spacial score (nSPS) is 10.7. The molecule has 0 spiro atoms. The number of urea groups is 1. The van der Waals surface area contributed by atoms with E-state index in [1.807, 2.05) is 7.05 Å². The summed E-state index contributed by atoms with van der Waals surface area (Å²) in [6.45, 7) is 0.424. The van der Waals surface area contributed by atoms with Crippen LogP contribution in [0.1, 0.15) is 5.82 Å². The van der Waals surface area contributed by atoms with Crippen molar-refractivity contribution in [3.63, 3.8) is 0 Å². The molecule has 0 radical (unpaired) electrons. The highest BCUT2D eigenvalue weighted by molar-refractivity contribution is 7.18. The van der Waals surface area contributed by atoms with Crippen LogP contribution in [-0.2, 0) is 13.5 Å². The zero-order valence-electron chi connectivity index (χ0n) is 13.0. The van der Waals surface area contributed by atoms with Crippen molar-refractivity contribution in [1.29, 1.82) is 0 Å². The molecule has 3 aromatic rings. The van der Waals surface area contributed by atoms with Gasteiger partial charge in [-0.3, -0.25) is 5.32 Å². The van der Waals surface area contributed by atoms with Gasteiger partial charge in [-0.15, -0.1) is 20.4 Å². The van der Waals surface area contributed by atoms with Gasteiger partial charge in [0.2, 0.25) is 5.13 Å². The third-order valence-electron chi connectivity index (χ3n) is 3.25. The summed E-state index contributed by atoms with van der Waals surface area (Å²) in [4.78, 5) is 11.9. The van der Waals surface area contributed by atoms with Gasteiger partial charge in [-0.1, -0.05) is 34.5 Å². The monoisotopic (exact) mass is 397 g/mol. The van der Waals surface area contributed by atoms with Crippen LogP contribution in [0.25, 0.3) is 10.6 Å². The summed E-state index contributed by atoms with van der Waals surface area (Å²) >= 11 is 13.3. The smallest absolute Gasteiger partial charge is 0.321 e. The lowest BCUT2D eigenvalue weighted by Gasteiger charge is -2.04. The summed E-state index contributed by atoms with van der Waals surface area (Å²) in [7, 11) is 1.85. The van der Waals surface area contributed by atoms with Crippen LogP contribution >= 0.6 is 34.5 Å². The molecule has 3 rings (SSSR count). The molecular formula is C14H13Cl2N7OS. The molecule has 0 aliphatic carbocycles. The molecule has 0 aliphatic heterocycles. The van der Waals surface area contributed by atoms with E-state index in [1.54, 1.807) is 29.1 Å². The van der Waals surface area contributed by atoms with Crippen LogP contribution in [0, 0.1) is 0 Å². The van der Waals surface area contributed by atoms with E-state index in [-0.39, 0.29) is 6.03 Å². The third-order valence-corrected chi connectivity index (χ3v) is 4.67. The number of carbonyl (C=O) groups is 1. The zero-order valence-corrected chi connectivity index (χ0v) is 15.4. The Balaban J connectivity index is 1.55. The van der Waals surface area contributed by atoms with Crippen molar-refractivity contribution in [2.24, 2.45) is 7.05 Å². The molecule has 0 fully saturated rings. The number of amides is 2. The lowest BCUT2D eigenvalue weighted by molar-refractivity contribution is 0.252. The van der Waals surface area contributed by atoms with E-state index in [0.29, 0.717) is 38.7 Å². The molecule has 0 saturated heterocycles. The summed E-state index contributed by atoms with van der Waals surface area (Å²) in [6, 6.07) is 4.74. The second-order valence-corrected chi connectivity index (χ2v) is 6.85. The summed E-state index contributed by atoms with van der Waals surface area (Å²) in [5.74, 6) is 0.788. The van der Waals surface area contributed by atoms with Gasteiger partial charge in [0.25, 0.3) is 0 Å². The topological polar surface area (TPSA) is 97.6 Å². The van der Waals surface area contributed by atoms with Gasteiger partial charge in [-0.25, -0.2) is 4.79 Å². The molecule has 0 unspecified atom stereocenters. The Bertz CT molecular complexity index is 895. The Morgan fingerprint density at radius 2 is 2.12 bits per heavy atom. The molecule has 1 aromatic carbocycles. The molecule has 2 aromatic heterocycles. The van der Waals surface area contributed by atoms with E-state index in [2.05, 4.69) is 31.0 Å². The summed E-state index contributed by atoms with van der Waals surface area (Å²) < 4.78 is 1.80. The van der Waals surface area contributed by atoms with Crippen molar-refractivity contribution < 1.29 is 4.79 Å². The third kappa shape index (κ3) is 4.44. The molecule has 0 bridgehead atoms. The number of rotatable bonds is 5. The highest BCUT2D eigenvalue weighted by atomic mass is 35.5.